The van der Waals surface area contributed by atoms with E-state index in [9.17, 15) is 9.90 Å². The summed E-state index contributed by atoms with van der Waals surface area (Å²) in [7, 11) is 0. The van der Waals surface area contributed by atoms with Gasteiger partial charge in [0.1, 0.15) is 6.10 Å². The summed E-state index contributed by atoms with van der Waals surface area (Å²) < 4.78 is 0. The number of hydrogen-bond acceptors (Lipinski definition) is 3. The Morgan fingerprint density at radius 3 is 2.47 bits per heavy atom. The summed E-state index contributed by atoms with van der Waals surface area (Å²) in [5.74, 6) is -0.274. The van der Waals surface area contributed by atoms with Gasteiger partial charge in [-0.25, -0.2) is 0 Å². The fourth-order valence-corrected chi connectivity index (χ4v) is 1.37. The van der Waals surface area contributed by atoms with Crippen molar-refractivity contribution in [3.05, 3.63) is 35.9 Å². The number of aliphatic hydroxyl groups excluding tert-OH is 2. The number of carbonyl (C=O) groups excluding carboxylic acids is 1. The molecule has 15 heavy (non-hydrogen) atoms. The molecule has 1 amide bonds. The minimum Gasteiger partial charge on any atom is -0.394 e. The quantitative estimate of drug-likeness (QED) is 0.664. The van der Waals surface area contributed by atoms with Gasteiger partial charge < -0.3 is 15.5 Å². The monoisotopic (exact) mass is 209 g/mol. The Balaban J connectivity index is 2.73. The lowest BCUT2D eigenvalue weighted by molar-refractivity contribution is -0.121. The van der Waals surface area contributed by atoms with Crippen LogP contribution in [-0.2, 0) is 4.79 Å². The summed E-state index contributed by atoms with van der Waals surface area (Å²) in [4.78, 5) is 10.8. The molecular formula is C11H15NO3. The molecule has 0 saturated carbocycles. The smallest absolute Gasteiger partial charge is 0.217 e. The van der Waals surface area contributed by atoms with Crippen LogP contribution < -0.4 is 5.32 Å². The lowest BCUT2D eigenvalue weighted by Crippen LogP contribution is -2.40. The third-order valence-electron chi connectivity index (χ3n) is 2.11. The van der Waals surface area contributed by atoms with Gasteiger partial charge in [-0.15, -0.1) is 0 Å². The van der Waals surface area contributed by atoms with E-state index in [1.54, 1.807) is 24.3 Å². The molecule has 3 N–H and O–H groups in total. The lowest BCUT2D eigenvalue weighted by Gasteiger charge is -2.21. The van der Waals surface area contributed by atoms with E-state index in [-0.39, 0.29) is 12.5 Å². The minimum absolute atomic E-state index is 0.274. The number of rotatable bonds is 4. The SMILES string of the molecule is CC(=O)NC(CO)C(O)c1ccccc1. The molecule has 0 aromatic heterocycles. The van der Waals surface area contributed by atoms with Crippen molar-refractivity contribution in [2.24, 2.45) is 0 Å². The fraction of sp³-hybridized carbons (Fsp3) is 0.364. The first-order valence-electron chi connectivity index (χ1n) is 4.76. The molecule has 0 aliphatic rings. The van der Waals surface area contributed by atoms with Gasteiger partial charge in [0.25, 0.3) is 0 Å². The zero-order chi connectivity index (χ0) is 11.3. The molecule has 0 heterocycles. The number of nitrogens with one attached hydrogen (secondary N) is 1. The van der Waals surface area contributed by atoms with Crippen molar-refractivity contribution in [3.8, 4) is 0 Å². The molecule has 1 aromatic rings. The Bertz CT molecular complexity index is 313. The molecule has 1 rings (SSSR count). The number of carbonyl (C=O) groups is 1. The van der Waals surface area contributed by atoms with Crippen LogP contribution in [0.1, 0.15) is 18.6 Å². The van der Waals surface area contributed by atoms with Gasteiger partial charge in [0.15, 0.2) is 0 Å². The van der Waals surface area contributed by atoms with E-state index in [1.807, 2.05) is 6.07 Å². The van der Waals surface area contributed by atoms with E-state index in [4.69, 9.17) is 5.11 Å². The molecule has 0 saturated heterocycles. The third kappa shape index (κ3) is 3.34. The topological polar surface area (TPSA) is 69.6 Å². The Labute approximate surface area is 88.6 Å². The van der Waals surface area contributed by atoms with E-state index in [0.29, 0.717) is 5.56 Å². The molecule has 0 fully saturated rings. The second-order valence-electron chi connectivity index (χ2n) is 3.35. The lowest BCUT2D eigenvalue weighted by atomic mass is 10.0. The molecule has 4 heteroatoms. The molecule has 82 valence electrons. The van der Waals surface area contributed by atoms with Gasteiger partial charge >= 0.3 is 0 Å². The van der Waals surface area contributed by atoms with Crippen LogP contribution in [0.4, 0.5) is 0 Å². The first-order chi connectivity index (χ1) is 7.15. The van der Waals surface area contributed by atoms with Crippen molar-refractivity contribution in [3.63, 3.8) is 0 Å². The number of benzene rings is 1. The van der Waals surface area contributed by atoms with Crippen LogP contribution >= 0.6 is 0 Å². The average molecular weight is 209 g/mol. The summed E-state index contributed by atoms with van der Waals surface area (Å²) in [6.07, 6.45) is -0.889. The van der Waals surface area contributed by atoms with Crippen molar-refractivity contribution in [2.45, 2.75) is 19.1 Å². The highest BCUT2D eigenvalue weighted by molar-refractivity contribution is 5.73. The van der Waals surface area contributed by atoms with Gasteiger partial charge in [-0.05, 0) is 5.56 Å². The maximum atomic E-state index is 10.8. The van der Waals surface area contributed by atoms with Crippen molar-refractivity contribution in [2.75, 3.05) is 6.61 Å². The standard InChI is InChI=1S/C11H15NO3/c1-8(14)12-10(7-13)11(15)9-5-3-2-4-6-9/h2-6,10-11,13,15H,7H2,1H3,(H,12,14). The molecule has 0 bridgehead atoms. The van der Waals surface area contributed by atoms with Crippen LogP contribution in [0.2, 0.25) is 0 Å². The highest BCUT2D eigenvalue weighted by Crippen LogP contribution is 2.15. The van der Waals surface area contributed by atoms with Crippen LogP contribution in [0, 0.1) is 0 Å². The Hall–Kier alpha value is -1.39. The Morgan fingerprint density at radius 1 is 1.40 bits per heavy atom. The average Bonchev–Trinajstić information content (AvgIpc) is 2.26. The molecule has 4 nitrogen and oxygen atoms in total. The molecule has 2 atom stereocenters. The Kier molecular flexibility index (Phi) is 4.27. The second-order valence-corrected chi connectivity index (χ2v) is 3.35. The highest BCUT2D eigenvalue weighted by Gasteiger charge is 2.20. The largest absolute Gasteiger partial charge is 0.394 e. The number of hydrogen-bond donors (Lipinski definition) is 3. The molecule has 1 aromatic carbocycles. The first kappa shape index (κ1) is 11.7. The van der Waals surface area contributed by atoms with Crippen molar-refractivity contribution >= 4 is 5.91 Å². The predicted molar refractivity (Wildman–Crippen MR) is 56.1 cm³/mol. The summed E-state index contributed by atoms with van der Waals surface area (Å²) in [5.41, 5.74) is 0.672. The Morgan fingerprint density at radius 2 is 2.00 bits per heavy atom. The van der Waals surface area contributed by atoms with Gasteiger partial charge in [0.2, 0.25) is 5.91 Å². The molecule has 0 radical (unpaired) electrons. The summed E-state index contributed by atoms with van der Waals surface area (Å²) in [6, 6.07) is 8.25. The van der Waals surface area contributed by atoms with E-state index in [1.165, 1.54) is 6.92 Å². The normalized spacial score (nSPS) is 14.3. The first-order valence-corrected chi connectivity index (χ1v) is 4.76. The summed E-state index contributed by atoms with van der Waals surface area (Å²) >= 11 is 0. The van der Waals surface area contributed by atoms with Gasteiger partial charge in [-0.3, -0.25) is 4.79 Å². The van der Waals surface area contributed by atoms with Gasteiger partial charge in [-0.2, -0.15) is 0 Å². The molecule has 0 aliphatic carbocycles. The summed E-state index contributed by atoms with van der Waals surface area (Å²) in [6.45, 7) is 1.05. The van der Waals surface area contributed by atoms with Crippen LogP contribution in [0.5, 0.6) is 0 Å². The van der Waals surface area contributed by atoms with Crippen LogP contribution in [0.15, 0.2) is 30.3 Å². The second kappa shape index (κ2) is 5.48. The van der Waals surface area contributed by atoms with Crippen LogP contribution in [0.3, 0.4) is 0 Å². The molecule has 2 unspecified atom stereocenters. The fourth-order valence-electron chi connectivity index (χ4n) is 1.37. The minimum atomic E-state index is -0.889. The van der Waals surface area contributed by atoms with Gasteiger partial charge in [0, 0.05) is 6.92 Å². The predicted octanol–water partition coefficient (Wildman–Crippen LogP) is 0.217. The third-order valence-corrected chi connectivity index (χ3v) is 2.11. The van der Waals surface area contributed by atoms with Crippen molar-refractivity contribution in [1.82, 2.24) is 5.32 Å². The molecular weight excluding hydrogens is 194 g/mol. The van der Waals surface area contributed by atoms with Crippen LogP contribution in [0.25, 0.3) is 0 Å². The zero-order valence-corrected chi connectivity index (χ0v) is 8.55. The summed E-state index contributed by atoms with van der Waals surface area (Å²) in [5, 5.41) is 21.4. The maximum Gasteiger partial charge on any atom is 0.217 e. The molecule has 0 spiro atoms. The van der Waals surface area contributed by atoms with E-state index >= 15 is 0 Å². The van der Waals surface area contributed by atoms with E-state index in [0.717, 1.165) is 0 Å². The van der Waals surface area contributed by atoms with Crippen molar-refractivity contribution in [1.29, 1.82) is 0 Å². The van der Waals surface area contributed by atoms with Gasteiger partial charge in [0.05, 0.1) is 12.6 Å². The van der Waals surface area contributed by atoms with Crippen LogP contribution in [-0.4, -0.2) is 28.8 Å². The highest BCUT2D eigenvalue weighted by atomic mass is 16.3. The maximum absolute atomic E-state index is 10.8. The zero-order valence-electron chi connectivity index (χ0n) is 8.55. The number of aliphatic hydroxyl groups is 2. The van der Waals surface area contributed by atoms with E-state index < -0.39 is 12.1 Å². The molecule has 0 aliphatic heterocycles. The number of amides is 1. The van der Waals surface area contributed by atoms with Gasteiger partial charge in [-0.1, -0.05) is 30.3 Å². The van der Waals surface area contributed by atoms with E-state index in [2.05, 4.69) is 5.32 Å². The van der Waals surface area contributed by atoms with Crippen molar-refractivity contribution < 1.29 is 15.0 Å².